The van der Waals surface area contributed by atoms with Crippen LogP contribution in [0, 0.1) is 5.92 Å². The van der Waals surface area contributed by atoms with E-state index in [1.807, 2.05) is 18.2 Å². The van der Waals surface area contributed by atoms with Crippen LogP contribution in [0.25, 0.3) is 0 Å². The van der Waals surface area contributed by atoms with Crippen molar-refractivity contribution in [3.8, 4) is 0 Å². The van der Waals surface area contributed by atoms with Gasteiger partial charge in [-0.3, -0.25) is 4.79 Å². The summed E-state index contributed by atoms with van der Waals surface area (Å²) < 4.78 is 0.786. The van der Waals surface area contributed by atoms with Crippen LogP contribution in [0.2, 0.25) is 0 Å². The molecule has 1 aromatic rings. The molecule has 2 amide bonds. The first kappa shape index (κ1) is 14.8. The molecule has 1 saturated carbocycles. The Morgan fingerprint density at radius 3 is 2.60 bits per heavy atom. The number of para-hydroxylation sites is 1. The van der Waals surface area contributed by atoms with Crippen LogP contribution in [0.3, 0.4) is 0 Å². The maximum absolute atomic E-state index is 12.0. The van der Waals surface area contributed by atoms with Crippen LogP contribution in [0.15, 0.2) is 28.7 Å². The van der Waals surface area contributed by atoms with Crippen molar-refractivity contribution in [2.24, 2.45) is 5.92 Å². The third-order valence-corrected chi connectivity index (χ3v) is 4.21. The number of amides is 2. The first-order valence-corrected chi connectivity index (χ1v) is 7.42. The van der Waals surface area contributed by atoms with Gasteiger partial charge in [-0.15, -0.1) is 0 Å². The van der Waals surface area contributed by atoms with Gasteiger partial charge >= 0.3 is 12.0 Å². The van der Waals surface area contributed by atoms with E-state index in [2.05, 4.69) is 26.6 Å². The van der Waals surface area contributed by atoms with Crippen LogP contribution in [-0.4, -0.2) is 23.1 Å². The number of carboxylic acids is 1. The lowest BCUT2D eigenvalue weighted by atomic mass is 9.84. The molecule has 6 heteroatoms. The van der Waals surface area contributed by atoms with Gasteiger partial charge in [0.1, 0.15) is 0 Å². The number of benzene rings is 1. The van der Waals surface area contributed by atoms with Gasteiger partial charge in [-0.25, -0.2) is 4.79 Å². The maximum atomic E-state index is 12.0. The van der Waals surface area contributed by atoms with E-state index in [1.54, 1.807) is 6.07 Å². The molecule has 1 aliphatic carbocycles. The fraction of sp³-hybridized carbons (Fsp3) is 0.429. The van der Waals surface area contributed by atoms with Crippen molar-refractivity contribution >= 4 is 33.6 Å². The Hall–Kier alpha value is -1.56. The molecule has 0 saturated heterocycles. The number of anilines is 1. The van der Waals surface area contributed by atoms with Gasteiger partial charge in [-0.1, -0.05) is 25.0 Å². The third-order valence-electron chi connectivity index (χ3n) is 3.52. The minimum atomic E-state index is -0.837. The molecule has 0 aliphatic heterocycles. The molecule has 0 heterocycles. The minimum absolute atomic E-state index is 0.302. The van der Waals surface area contributed by atoms with Crippen LogP contribution >= 0.6 is 15.9 Å². The van der Waals surface area contributed by atoms with E-state index in [0.29, 0.717) is 18.5 Å². The van der Waals surface area contributed by atoms with E-state index in [4.69, 9.17) is 0 Å². The summed E-state index contributed by atoms with van der Waals surface area (Å²) in [4.78, 5) is 23.1. The topological polar surface area (TPSA) is 78.4 Å². The Kier molecular flexibility index (Phi) is 5.00. The molecule has 0 aromatic heterocycles. The Morgan fingerprint density at radius 2 is 1.90 bits per heavy atom. The Balaban J connectivity index is 1.96. The molecule has 1 fully saturated rings. The normalized spacial score (nSPS) is 22.1. The number of rotatable bonds is 3. The second-order valence-corrected chi connectivity index (χ2v) is 5.77. The number of urea groups is 1. The second kappa shape index (κ2) is 6.74. The molecule has 1 aliphatic rings. The number of aliphatic carboxylic acids is 1. The van der Waals surface area contributed by atoms with Crippen LogP contribution in [0.1, 0.15) is 25.7 Å². The largest absolute Gasteiger partial charge is 0.481 e. The summed E-state index contributed by atoms with van der Waals surface area (Å²) in [6.07, 6.45) is 3.18. The molecule has 20 heavy (non-hydrogen) atoms. The van der Waals surface area contributed by atoms with E-state index in [-0.39, 0.29) is 12.1 Å². The van der Waals surface area contributed by atoms with E-state index in [1.165, 1.54) is 0 Å². The van der Waals surface area contributed by atoms with Gasteiger partial charge in [0.25, 0.3) is 0 Å². The van der Waals surface area contributed by atoms with Crippen molar-refractivity contribution in [3.05, 3.63) is 28.7 Å². The number of hydrogen-bond acceptors (Lipinski definition) is 2. The van der Waals surface area contributed by atoms with Crippen molar-refractivity contribution in [1.29, 1.82) is 0 Å². The van der Waals surface area contributed by atoms with Crippen molar-refractivity contribution in [2.45, 2.75) is 31.7 Å². The van der Waals surface area contributed by atoms with E-state index in [0.717, 1.165) is 17.3 Å². The van der Waals surface area contributed by atoms with Crippen molar-refractivity contribution in [2.75, 3.05) is 5.32 Å². The van der Waals surface area contributed by atoms with Gasteiger partial charge < -0.3 is 15.7 Å². The Morgan fingerprint density at radius 1 is 1.20 bits per heavy atom. The predicted molar refractivity (Wildman–Crippen MR) is 79.7 cm³/mol. The van der Waals surface area contributed by atoms with Crippen LogP contribution in [-0.2, 0) is 4.79 Å². The van der Waals surface area contributed by atoms with Gasteiger partial charge in [0.05, 0.1) is 11.6 Å². The zero-order valence-corrected chi connectivity index (χ0v) is 12.5. The molecule has 0 bridgehead atoms. The van der Waals surface area contributed by atoms with E-state index in [9.17, 15) is 14.7 Å². The van der Waals surface area contributed by atoms with Gasteiger partial charge in [-0.2, -0.15) is 0 Å². The Bertz CT molecular complexity index is 507. The number of halogens is 1. The van der Waals surface area contributed by atoms with Gasteiger partial charge in [0.15, 0.2) is 0 Å². The van der Waals surface area contributed by atoms with Crippen molar-refractivity contribution in [1.82, 2.24) is 5.32 Å². The monoisotopic (exact) mass is 340 g/mol. The molecule has 5 nitrogen and oxygen atoms in total. The lowest BCUT2D eigenvalue weighted by molar-refractivity contribution is -0.143. The molecular weight excluding hydrogens is 324 g/mol. The summed E-state index contributed by atoms with van der Waals surface area (Å²) in [6, 6.07) is 6.62. The first-order chi connectivity index (χ1) is 9.58. The summed E-state index contributed by atoms with van der Waals surface area (Å²) in [7, 11) is 0. The van der Waals surface area contributed by atoms with E-state index < -0.39 is 11.9 Å². The van der Waals surface area contributed by atoms with Gasteiger partial charge in [0, 0.05) is 10.5 Å². The molecule has 1 aromatic carbocycles. The number of carboxylic acid groups (broad SMARTS) is 1. The van der Waals surface area contributed by atoms with Crippen molar-refractivity contribution < 1.29 is 14.7 Å². The second-order valence-electron chi connectivity index (χ2n) is 4.91. The number of hydrogen-bond donors (Lipinski definition) is 3. The van der Waals surface area contributed by atoms with Crippen LogP contribution in [0.4, 0.5) is 10.5 Å². The molecule has 0 radical (unpaired) electrons. The summed E-state index contributed by atoms with van der Waals surface area (Å²) in [5.74, 6) is -1.33. The molecule has 2 rings (SSSR count). The highest BCUT2D eigenvalue weighted by molar-refractivity contribution is 9.10. The zero-order valence-electron chi connectivity index (χ0n) is 10.9. The molecule has 0 spiro atoms. The third kappa shape index (κ3) is 3.72. The highest BCUT2D eigenvalue weighted by atomic mass is 79.9. The van der Waals surface area contributed by atoms with Crippen molar-refractivity contribution in [3.63, 3.8) is 0 Å². The van der Waals surface area contributed by atoms with Crippen LogP contribution < -0.4 is 10.6 Å². The molecule has 3 N–H and O–H groups in total. The van der Waals surface area contributed by atoms with Gasteiger partial charge in [-0.05, 0) is 40.9 Å². The standard InChI is InChI=1S/C14H17BrN2O3/c15-10-6-2-4-8-12(10)17-14(20)16-11-7-3-1-5-9(11)13(18)19/h2,4,6,8-9,11H,1,3,5,7H2,(H,18,19)(H2,16,17,20). The lowest BCUT2D eigenvalue weighted by Crippen LogP contribution is -2.46. The maximum Gasteiger partial charge on any atom is 0.319 e. The molecule has 2 unspecified atom stereocenters. The number of carbonyl (C=O) groups is 2. The summed E-state index contributed by atoms with van der Waals surface area (Å²) in [5.41, 5.74) is 0.660. The predicted octanol–water partition coefficient (Wildman–Crippen LogP) is 3.21. The molecule has 2 atom stereocenters. The van der Waals surface area contributed by atoms with Gasteiger partial charge in [0.2, 0.25) is 0 Å². The minimum Gasteiger partial charge on any atom is -0.481 e. The average Bonchev–Trinajstić information content (AvgIpc) is 2.41. The fourth-order valence-corrected chi connectivity index (χ4v) is 2.87. The highest BCUT2D eigenvalue weighted by Gasteiger charge is 2.31. The lowest BCUT2D eigenvalue weighted by Gasteiger charge is -2.29. The zero-order chi connectivity index (χ0) is 14.5. The fourth-order valence-electron chi connectivity index (χ4n) is 2.49. The smallest absolute Gasteiger partial charge is 0.319 e. The van der Waals surface area contributed by atoms with Crippen LogP contribution in [0.5, 0.6) is 0 Å². The summed E-state index contributed by atoms with van der Waals surface area (Å²) in [5, 5.41) is 14.7. The Labute approximate surface area is 125 Å². The SMILES string of the molecule is O=C(Nc1ccccc1Br)NC1CCCCC1C(=O)O. The average molecular weight is 341 g/mol. The molecular formula is C14H17BrN2O3. The summed E-state index contributed by atoms with van der Waals surface area (Å²) >= 11 is 3.35. The first-order valence-electron chi connectivity index (χ1n) is 6.63. The quantitative estimate of drug-likeness (QED) is 0.790. The number of nitrogens with one attached hydrogen (secondary N) is 2. The van der Waals surface area contributed by atoms with E-state index >= 15 is 0 Å². The molecule has 108 valence electrons. The number of carbonyl (C=O) groups excluding carboxylic acids is 1. The summed E-state index contributed by atoms with van der Waals surface area (Å²) in [6.45, 7) is 0. The highest BCUT2D eigenvalue weighted by Crippen LogP contribution is 2.25.